The number of ether oxygens (including phenoxy) is 1. The molecule has 1 aliphatic rings. The lowest BCUT2D eigenvalue weighted by atomic mass is 9.85. The van der Waals surface area contributed by atoms with Crippen LogP contribution in [-0.4, -0.2) is 29.8 Å². The van der Waals surface area contributed by atoms with Gasteiger partial charge in [-0.05, 0) is 30.4 Å². The Labute approximate surface area is 124 Å². The van der Waals surface area contributed by atoms with Crippen molar-refractivity contribution >= 4 is 5.69 Å². The zero-order valence-electron chi connectivity index (χ0n) is 12.2. The maximum absolute atomic E-state index is 10.9. The Morgan fingerprint density at radius 1 is 1.38 bits per heavy atom. The van der Waals surface area contributed by atoms with E-state index in [0.717, 1.165) is 31.2 Å². The molecule has 0 radical (unpaired) electrons. The molecule has 21 heavy (non-hydrogen) atoms. The molecule has 1 aromatic carbocycles. The molecule has 6 heteroatoms. The smallest absolute Gasteiger partial charge is 0.273 e. The van der Waals surface area contributed by atoms with Gasteiger partial charge < -0.3 is 15.2 Å². The van der Waals surface area contributed by atoms with Crippen molar-refractivity contribution in [2.75, 3.05) is 13.7 Å². The van der Waals surface area contributed by atoms with Crippen LogP contribution in [0.4, 0.5) is 5.69 Å². The summed E-state index contributed by atoms with van der Waals surface area (Å²) in [5.74, 6) is 0.766. The quantitative estimate of drug-likeness (QED) is 0.621. The van der Waals surface area contributed by atoms with Crippen LogP contribution in [0.15, 0.2) is 18.2 Å². The maximum Gasteiger partial charge on any atom is 0.273 e. The van der Waals surface area contributed by atoms with Crippen molar-refractivity contribution in [2.24, 2.45) is 5.92 Å². The second kappa shape index (κ2) is 7.38. The van der Waals surface area contributed by atoms with Crippen LogP contribution >= 0.6 is 0 Å². The average Bonchev–Trinajstić information content (AvgIpc) is 2.52. The molecule has 6 nitrogen and oxygen atoms in total. The highest BCUT2D eigenvalue weighted by Crippen LogP contribution is 2.26. The van der Waals surface area contributed by atoms with Gasteiger partial charge in [0.15, 0.2) is 0 Å². The molecule has 0 saturated heterocycles. The van der Waals surface area contributed by atoms with E-state index in [1.165, 1.54) is 13.2 Å². The molecule has 2 rings (SSSR count). The number of non-ortho nitro benzene ring substituents is 1. The Hall–Kier alpha value is -1.66. The van der Waals surface area contributed by atoms with E-state index in [0.29, 0.717) is 12.3 Å². The highest BCUT2D eigenvalue weighted by Gasteiger charge is 2.24. The molecule has 1 aliphatic carbocycles. The van der Waals surface area contributed by atoms with Crippen molar-refractivity contribution in [1.29, 1.82) is 0 Å². The average molecular weight is 294 g/mol. The first-order valence-corrected chi connectivity index (χ1v) is 7.30. The summed E-state index contributed by atoms with van der Waals surface area (Å²) in [7, 11) is 1.50. The van der Waals surface area contributed by atoms with E-state index in [1.54, 1.807) is 12.1 Å². The summed E-state index contributed by atoms with van der Waals surface area (Å²) >= 11 is 0. The highest BCUT2D eigenvalue weighted by molar-refractivity contribution is 5.42. The van der Waals surface area contributed by atoms with Crippen LogP contribution in [-0.2, 0) is 6.54 Å². The number of methoxy groups -OCH3 is 1. The molecule has 0 amide bonds. The summed E-state index contributed by atoms with van der Waals surface area (Å²) in [5.41, 5.74) is 0.858. The number of nitrogens with one attached hydrogen (secondary N) is 1. The Bertz CT molecular complexity index is 493. The zero-order valence-corrected chi connectivity index (χ0v) is 12.2. The van der Waals surface area contributed by atoms with E-state index in [4.69, 9.17) is 4.74 Å². The van der Waals surface area contributed by atoms with Crippen molar-refractivity contribution in [1.82, 2.24) is 5.32 Å². The SMILES string of the molecule is COc1cc(CNC2CCCCC2CO)cc([N+](=O)[O-])c1. The first-order chi connectivity index (χ1) is 10.1. The minimum Gasteiger partial charge on any atom is -0.496 e. The van der Waals surface area contributed by atoms with Crippen LogP contribution in [0.5, 0.6) is 5.75 Å². The van der Waals surface area contributed by atoms with Gasteiger partial charge >= 0.3 is 0 Å². The lowest BCUT2D eigenvalue weighted by Crippen LogP contribution is -2.39. The van der Waals surface area contributed by atoms with E-state index >= 15 is 0 Å². The molecule has 116 valence electrons. The van der Waals surface area contributed by atoms with Gasteiger partial charge in [-0.1, -0.05) is 12.8 Å². The molecule has 0 aliphatic heterocycles. The number of benzene rings is 1. The van der Waals surface area contributed by atoms with Gasteiger partial charge in [-0.3, -0.25) is 10.1 Å². The molecule has 0 bridgehead atoms. The highest BCUT2D eigenvalue weighted by atomic mass is 16.6. The molecule has 2 atom stereocenters. The summed E-state index contributed by atoms with van der Waals surface area (Å²) in [6.45, 7) is 0.731. The third-order valence-electron chi connectivity index (χ3n) is 4.11. The predicted molar refractivity (Wildman–Crippen MR) is 79.3 cm³/mol. The summed E-state index contributed by atoms with van der Waals surface area (Å²) in [6, 6.07) is 5.05. The van der Waals surface area contributed by atoms with E-state index in [2.05, 4.69) is 5.32 Å². The van der Waals surface area contributed by atoms with E-state index in [1.807, 2.05) is 0 Å². The zero-order chi connectivity index (χ0) is 15.2. The van der Waals surface area contributed by atoms with Gasteiger partial charge in [0, 0.05) is 25.3 Å². The predicted octanol–water partition coefficient (Wildman–Crippen LogP) is 2.24. The largest absolute Gasteiger partial charge is 0.496 e. The van der Waals surface area contributed by atoms with Crippen LogP contribution in [0.2, 0.25) is 0 Å². The van der Waals surface area contributed by atoms with E-state index in [-0.39, 0.29) is 24.3 Å². The number of nitro groups is 1. The number of hydrogen-bond donors (Lipinski definition) is 2. The monoisotopic (exact) mass is 294 g/mol. The molecule has 1 fully saturated rings. The van der Waals surface area contributed by atoms with Crippen molar-refractivity contribution in [3.05, 3.63) is 33.9 Å². The number of aliphatic hydroxyl groups excluding tert-OH is 1. The fraction of sp³-hybridized carbons (Fsp3) is 0.600. The van der Waals surface area contributed by atoms with Crippen LogP contribution in [0.1, 0.15) is 31.2 Å². The lowest BCUT2D eigenvalue weighted by molar-refractivity contribution is -0.385. The van der Waals surface area contributed by atoms with Crippen molar-refractivity contribution in [3.63, 3.8) is 0 Å². The van der Waals surface area contributed by atoms with Crippen molar-refractivity contribution < 1.29 is 14.8 Å². The van der Waals surface area contributed by atoms with Gasteiger partial charge in [0.1, 0.15) is 5.75 Å². The minimum atomic E-state index is -0.414. The lowest BCUT2D eigenvalue weighted by Gasteiger charge is -2.31. The van der Waals surface area contributed by atoms with Gasteiger partial charge in [0.25, 0.3) is 5.69 Å². The maximum atomic E-state index is 10.9. The van der Waals surface area contributed by atoms with Gasteiger partial charge in [0.05, 0.1) is 18.1 Å². The number of rotatable bonds is 6. The first-order valence-electron chi connectivity index (χ1n) is 7.30. The second-order valence-electron chi connectivity index (χ2n) is 5.51. The molecule has 2 unspecified atom stereocenters. The fourth-order valence-corrected chi connectivity index (χ4v) is 2.91. The summed E-state index contributed by atoms with van der Waals surface area (Å²) in [6.07, 6.45) is 4.39. The van der Waals surface area contributed by atoms with Crippen molar-refractivity contribution in [2.45, 2.75) is 38.3 Å². The molecule has 0 aromatic heterocycles. The standard InChI is InChI=1S/C15H22N2O4/c1-21-14-7-11(6-13(8-14)17(19)20)9-16-15-5-3-2-4-12(15)10-18/h6-8,12,15-16,18H,2-5,9-10H2,1H3. The molecule has 2 N–H and O–H groups in total. The van der Waals surface area contributed by atoms with Crippen LogP contribution < -0.4 is 10.1 Å². The summed E-state index contributed by atoms with van der Waals surface area (Å²) in [4.78, 5) is 10.5. The Morgan fingerprint density at radius 3 is 2.81 bits per heavy atom. The number of hydrogen-bond acceptors (Lipinski definition) is 5. The Balaban J connectivity index is 2.04. The molecule has 0 heterocycles. The first kappa shape index (κ1) is 15.7. The minimum absolute atomic E-state index is 0.0357. The molecule has 0 spiro atoms. The van der Waals surface area contributed by atoms with Gasteiger partial charge in [-0.25, -0.2) is 0 Å². The molecule has 1 saturated carbocycles. The van der Waals surface area contributed by atoms with E-state index in [9.17, 15) is 15.2 Å². The second-order valence-corrected chi connectivity index (χ2v) is 5.51. The Kier molecular flexibility index (Phi) is 5.52. The fourth-order valence-electron chi connectivity index (χ4n) is 2.91. The Morgan fingerprint density at radius 2 is 2.14 bits per heavy atom. The summed E-state index contributed by atoms with van der Waals surface area (Å²) in [5, 5.41) is 23.7. The molecular weight excluding hydrogens is 272 g/mol. The van der Waals surface area contributed by atoms with Crippen LogP contribution in [0.3, 0.4) is 0 Å². The van der Waals surface area contributed by atoms with Gasteiger partial charge in [-0.2, -0.15) is 0 Å². The topological polar surface area (TPSA) is 84.6 Å². The third kappa shape index (κ3) is 4.15. The normalized spacial score (nSPS) is 22.0. The summed E-state index contributed by atoms with van der Waals surface area (Å²) < 4.78 is 5.11. The van der Waals surface area contributed by atoms with Crippen LogP contribution in [0, 0.1) is 16.0 Å². The van der Waals surface area contributed by atoms with E-state index < -0.39 is 4.92 Å². The number of nitrogens with zero attached hydrogens (tertiary/aromatic N) is 1. The molecular formula is C15H22N2O4. The number of nitro benzene ring substituents is 1. The van der Waals surface area contributed by atoms with Crippen LogP contribution in [0.25, 0.3) is 0 Å². The third-order valence-corrected chi connectivity index (χ3v) is 4.11. The van der Waals surface area contributed by atoms with Crippen molar-refractivity contribution in [3.8, 4) is 5.75 Å². The van der Waals surface area contributed by atoms with Gasteiger partial charge in [-0.15, -0.1) is 0 Å². The van der Waals surface area contributed by atoms with Gasteiger partial charge in [0.2, 0.25) is 0 Å². The number of aliphatic hydroxyl groups is 1. The molecule has 1 aromatic rings.